The fourth-order valence-electron chi connectivity index (χ4n) is 1.01. The van der Waals surface area contributed by atoms with Crippen LogP contribution in [0.15, 0.2) is 16.5 Å². The van der Waals surface area contributed by atoms with Gasteiger partial charge in [0.25, 0.3) is 0 Å². The predicted molar refractivity (Wildman–Crippen MR) is 54.3 cm³/mol. The number of likely N-dealkylation sites (N-methyl/N-ethyl adjacent to an activating group) is 1. The molecule has 0 atom stereocenters. The van der Waals surface area contributed by atoms with Gasteiger partial charge in [-0.25, -0.2) is 4.98 Å². The first-order valence-electron chi connectivity index (χ1n) is 4.09. The summed E-state index contributed by atoms with van der Waals surface area (Å²) in [6.07, 6.45) is 3.23. The van der Waals surface area contributed by atoms with Crippen molar-refractivity contribution in [2.24, 2.45) is 0 Å². The lowest BCUT2D eigenvalue weighted by Gasteiger charge is -2.01. The van der Waals surface area contributed by atoms with Crippen LogP contribution in [-0.2, 0) is 0 Å². The lowest BCUT2D eigenvalue weighted by atomic mass is 10.2. The Morgan fingerprint density at radius 1 is 1.75 bits per heavy atom. The Hall–Kier alpha value is -0.670. The number of hydrogen-bond acceptors (Lipinski definition) is 3. The Kier molecular flexibility index (Phi) is 3.97. The standard InChI is InChI=1S/C9H14N2S/c1-3-8(5-10-2)4-9-6-12-7-11-9/h4,6-7,10H,3,5H2,1-2H3. The van der Waals surface area contributed by atoms with Gasteiger partial charge in [0.15, 0.2) is 0 Å². The van der Waals surface area contributed by atoms with Crippen LogP contribution in [0, 0.1) is 0 Å². The van der Waals surface area contributed by atoms with E-state index in [1.54, 1.807) is 11.3 Å². The fourth-order valence-corrected chi connectivity index (χ4v) is 1.52. The van der Waals surface area contributed by atoms with Gasteiger partial charge >= 0.3 is 0 Å². The molecule has 1 rings (SSSR count). The molecule has 1 aromatic heterocycles. The molecular weight excluding hydrogens is 168 g/mol. The highest BCUT2D eigenvalue weighted by Gasteiger charge is 1.94. The van der Waals surface area contributed by atoms with Gasteiger partial charge in [-0.1, -0.05) is 12.5 Å². The number of nitrogens with one attached hydrogen (secondary N) is 1. The zero-order chi connectivity index (χ0) is 8.81. The molecule has 1 aromatic rings. The molecule has 2 nitrogen and oxygen atoms in total. The molecule has 1 heterocycles. The molecule has 0 bridgehead atoms. The summed E-state index contributed by atoms with van der Waals surface area (Å²) in [5, 5.41) is 5.20. The lowest BCUT2D eigenvalue weighted by Crippen LogP contribution is -2.09. The third kappa shape index (κ3) is 2.75. The average molecular weight is 182 g/mol. The van der Waals surface area contributed by atoms with Crippen LogP contribution in [0.1, 0.15) is 19.0 Å². The maximum Gasteiger partial charge on any atom is 0.0798 e. The van der Waals surface area contributed by atoms with E-state index in [0.717, 1.165) is 18.7 Å². The Labute approximate surface area is 77.3 Å². The quantitative estimate of drug-likeness (QED) is 0.772. The van der Waals surface area contributed by atoms with Crippen molar-refractivity contribution in [3.05, 3.63) is 22.2 Å². The van der Waals surface area contributed by atoms with Crippen molar-refractivity contribution in [1.29, 1.82) is 0 Å². The van der Waals surface area contributed by atoms with E-state index < -0.39 is 0 Å². The Bertz CT molecular complexity index is 239. The number of hydrogen-bond donors (Lipinski definition) is 1. The van der Waals surface area contributed by atoms with Gasteiger partial charge < -0.3 is 5.32 Å². The molecule has 0 amide bonds. The Morgan fingerprint density at radius 2 is 2.58 bits per heavy atom. The van der Waals surface area contributed by atoms with Crippen LogP contribution in [0.5, 0.6) is 0 Å². The number of rotatable bonds is 4. The second kappa shape index (κ2) is 5.06. The number of nitrogens with zero attached hydrogens (tertiary/aromatic N) is 1. The minimum Gasteiger partial charge on any atom is -0.316 e. The summed E-state index contributed by atoms with van der Waals surface area (Å²) in [6.45, 7) is 3.11. The van der Waals surface area contributed by atoms with Crippen molar-refractivity contribution in [3.8, 4) is 0 Å². The highest BCUT2D eigenvalue weighted by atomic mass is 32.1. The zero-order valence-electron chi connectivity index (χ0n) is 7.50. The first-order valence-corrected chi connectivity index (χ1v) is 5.03. The van der Waals surface area contributed by atoms with Gasteiger partial charge in [0, 0.05) is 11.9 Å². The summed E-state index contributed by atoms with van der Waals surface area (Å²) in [4.78, 5) is 4.20. The predicted octanol–water partition coefficient (Wildman–Crippen LogP) is 2.16. The van der Waals surface area contributed by atoms with Crippen LogP contribution in [0.2, 0.25) is 0 Å². The molecule has 0 radical (unpaired) electrons. The fraction of sp³-hybridized carbons (Fsp3) is 0.444. The van der Waals surface area contributed by atoms with E-state index in [1.807, 2.05) is 12.6 Å². The SMILES string of the molecule is CCC(=Cc1cscn1)CNC. The van der Waals surface area contributed by atoms with Crippen molar-refractivity contribution in [2.75, 3.05) is 13.6 Å². The lowest BCUT2D eigenvalue weighted by molar-refractivity contribution is 0.850. The summed E-state index contributed by atoms with van der Waals surface area (Å²) in [5.74, 6) is 0. The zero-order valence-corrected chi connectivity index (χ0v) is 8.32. The van der Waals surface area contributed by atoms with Gasteiger partial charge in [0.05, 0.1) is 11.2 Å². The van der Waals surface area contributed by atoms with Gasteiger partial charge in [-0.15, -0.1) is 11.3 Å². The van der Waals surface area contributed by atoms with Gasteiger partial charge in [-0.2, -0.15) is 0 Å². The molecule has 0 spiro atoms. The molecule has 1 N–H and O–H groups in total. The van der Waals surface area contributed by atoms with Gasteiger partial charge in [0.1, 0.15) is 0 Å². The normalized spacial score (nSPS) is 12.0. The largest absolute Gasteiger partial charge is 0.316 e. The Balaban J connectivity index is 2.64. The summed E-state index contributed by atoms with van der Waals surface area (Å²) < 4.78 is 0. The van der Waals surface area contributed by atoms with Crippen LogP contribution in [0.3, 0.4) is 0 Å². The van der Waals surface area contributed by atoms with Gasteiger partial charge in [-0.05, 0) is 19.5 Å². The molecule has 0 aliphatic heterocycles. The molecule has 0 fully saturated rings. The molecule has 12 heavy (non-hydrogen) atoms. The second-order valence-electron chi connectivity index (χ2n) is 2.60. The van der Waals surface area contributed by atoms with Crippen molar-refractivity contribution in [2.45, 2.75) is 13.3 Å². The van der Waals surface area contributed by atoms with Crippen LogP contribution < -0.4 is 5.32 Å². The molecular formula is C9H14N2S. The second-order valence-corrected chi connectivity index (χ2v) is 3.32. The van der Waals surface area contributed by atoms with E-state index in [9.17, 15) is 0 Å². The minimum atomic E-state index is 0.952. The maximum absolute atomic E-state index is 4.20. The van der Waals surface area contributed by atoms with E-state index in [0.29, 0.717) is 0 Å². The van der Waals surface area contributed by atoms with E-state index in [1.165, 1.54) is 5.57 Å². The van der Waals surface area contributed by atoms with Crippen molar-refractivity contribution in [3.63, 3.8) is 0 Å². The summed E-state index contributed by atoms with van der Waals surface area (Å²) in [7, 11) is 1.96. The highest BCUT2D eigenvalue weighted by molar-refractivity contribution is 7.07. The van der Waals surface area contributed by atoms with Crippen LogP contribution in [0.4, 0.5) is 0 Å². The molecule has 0 saturated carbocycles. The molecule has 0 aliphatic carbocycles. The van der Waals surface area contributed by atoms with Gasteiger partial charge in [-0.3, -0.25) is 0 Å². The molecule has 0 saturated heterocycles. The topological polar surface area (TPSA) is 24.9 Å². The Morgan fingerprint density at radius 3 is 3.08 bits per heavy atom. The third-order valence-corrected chi connectivity index (χ3v) is 2.27. The minimum absolute atomic E-state index is 0.952. The van der Waals surface area contributed by atoms with E-state index in [2.05, 4.69) is 28.7 Å². The maximum atomic E-state index is 4.20. The smallest absolute Gasteiger partial charge is 0.0798 e. The molecule has 0 aromatic carbocycles. The van der Waals surface area contributed by atoms with Crippen LogP contribution >= 0.6 is 11.3 Å². The van der Waals surface area contributed by atoms with E-state index in [4.69, 9.17) is 0 Å². The first kappa shape index (κ1) is 9.42. The van der Waals surface area contributed by atoms with Crippen molar-refractivity contribution < 1.29 is 0 Å². The third-order valence-electron chi connectivity index (χ3n) is 1.66. The van der Waals surface area contributed by atoms with Crippen molar-refractivity contribution >= 4 is 17.4 Å². The average Bonchev–Trinajstić information content (AvgIpc) is 2.56. The summed E-state index contributed by atoms with van der Waals surface area (Å²) >= 11 is 1.63. The molecule has 0 aliphatic rings. The molecule has 3 heteroatoms. The van der Waals surface area contributed by atoms with Crippen molar-refractivity contribution in [1.82, 2.24) is 10.3 Å². The van der Waals surface area contributed by atoms with Crippen LogP contribution in [-0.4, -0.2) is 18.6 Å². The highest BCUT2D eigenvalue weighted by Crippen LogP contribution is 2.08. The van der Waals surface area contributed by atoms with E-state index in [-0.39, 0.29) is 0 Å². The van der Waals surface area contributed by atoms with Gasteiger partial charge in [0.2, 0.25) is 0 Å². The summed E-state index contributed by atoms with van der Waals surface area (Å²) in [6, 6.07) is 0. The monoisotopic (exact) mass is 182 g/mol. The first-order chi connectivity index (χ1) is 5.86. The number of aromatic nitrogens is 1. The molecule has 66 valence electrons. The summed E-state index contributed by atoms with van der Waals surface area (Å²) in [5.41, 5.74) is 4.33. The molecule has 0 unspecified atom stereocenters. The number of thiazole rings is 1. The van der Waals surface area contributed by atoms with Crippen LogP contribution in [0.25, 0.3) is 6.08 Å². The van der Waals surface area contributed by atoms with E-state index >= 15 is 0 Å².